The predicted molar refractivity (Wildman–Crippen MR) is 85.8 cm³/mol. The summed E-state index contributed by atoms with van der Waals surface area (Å²) in [7, 11) is -3.40. The third-order valence-corrected chi connectivity index (χ3v) is 5.29. The van der Waals surface area contributed by atoms with Crippen molar-refractivity contribution in [2.75, 3.05) is 17.6 Å². The number of benzene rings is 2. The number of sulfone groups is 1. The van der Waals surface area contributed by atoms with Gasteiger partial charge >= 0.3 is 0 Å². The molecule has 0 heterocycles. The van der Waals surface area contributed by atoms with E-state index in [-0.39, 0.29) is 10.6 Å². The summed E-state index contributed by atoms with van der Waals surface area (Å²) >= 11 is 3.39. The lowest BCUT2D eigenvalue weighted by Gasteiger charge is -2.09. The molecule has 0 spiro atoms. The standard InChI is InChI=1S/C15H13BrN2O2S/c16-14-6-1-2-7-15(14)18-8-9-21(19,20)13-5-3-4-12(10-13)11-17/h1-7,10,18H,8-9H2. The maximum absolute atomic E-state index is 12.2. The van der Waals surface area contributed by atoms with Gasteiger partial charge in [0.2, 0.25) is 0 Å². The zero-order valence-corrected chi connectivity index (χ0v) is 13.5. The highest BCUT2D eigenvalue weighted by molar-refractivity contribution is 9.10. The maximum atomic E-state index is 12.2. The average Bonchev–Trinajstić information content (AvgIpc) is 2.49. The summed E-state index contributed by atoms with van der Waals surface area (Å²) in [4.78, 5) is 0.176. The summed E-state index contributed by atoms with van der Waals surface area (Å²) in [6.45, 7) is 0.293. The Hall–Kier alpha value is -1.84. The minimum absolute atomic E-state index is 0.0385. The fourth-order valence-electron chi connectivity index (χ4n) is 1.80. The molecule has 0 saturated carbocycles. The molecule has 21 heavy (non-hydrogen) atoms. The lowest BCUT2D eigenvalue weighted by atomic mass is 10.2. The van der Waals surface area contributed by atoms with Crippen LogP contribution in [0.2, 0.25) is 0 Å². The molecule has 2 aromatic rings. The van der Waals surface area contributed by atoms with E-state index in [9.17, 15) is 8.42 Å². The molecule has 0 unspecified atom stereocenters. The van der Waals surface area contributed by atoms with E-state index in [1.165, 1.54) is 12.1 Å². The number of hydrogen-bond acceptors (Lipinski definition) is 4. The second kappa shape index (κ2) is 6.74. The molecule has 0 atom stereocenters. The molecule has 0 aromatic heterocycles. The van der Waals surface area contributed by atoms with E-state index >= 15 is 0 Å². The average molecular weight is 365 g/mol. The molecule has 6 heteroatoms. The lowest BCUT2D eigenvalue weighted by molar-refractivity contribution is 0.596. The Labute approximate surface area is 132 Å². The third-order valence-electron chi connectivity index (χ3n) is 2.88. The Kier molecular flexibility index (Phi) is 4.99. The second-order valence-electron chi connectivity index (χ2n) is 4.37. The van der Waals surface area contributed by atoms with Crippen molar-refractivity contribution in [3.63, 3.8) is 0 Å². The summed E-state index contributed by atoms with van der Waals surface area (Å²) in [6, 6.07) is 15.5. The van der Waals surface area contributed by atoms with Crippen molar-refractivity contribution in [1.29, 1.82) is 5.26 Å². The smallest absolute Gasteiger partial charge is 0.180 e. The normalized spacial score (nSPS) is 10.9. The SMILES string of the molecule is N#Cc1cccc(S(=O)(=O)CCNc2ccccc2Br)c1. The number of anilines is 1. The summed E-state index contributed by atoms with van der Waals surface area (Å²) in [5.41, 5.74) is 1.19. The molecule has 2 aromatic carbocycles. The van der Waals surface area contributed by atoms with Crippen LogP contribution >= 0.6 is 15.9 Å². The van der Waals surface area contributed by atoms with Gasteiger partial charge in [-0.3, -0.25) is 0 Å². The molecule has 0 saturated heterocycles. The minimum Gasteiger partial charge on any atom is -0.383 e. The Morgan fingerprint density at radius 3 is 2.62 bits per heavy atom. The largest absolute Gasteiger partial charge is 0.383 e. The first kappa shape index (κ1) is 15.5. The van der Waals surface area contributed by atoms with Crippen molar-refractivity contribution >= 4 is 31.5 Å². The number of hydrogen-bond donors (Lipinski definition) is 1. The number of rotatable bonds is 5. The highest BCUT2D eigenvalue weighted by Crippen LogP contribution is 2.21. The van der Waals surface area contributed by atoms with Crippen molar-refractivity contribution < 1.29 is 8.42 Å². The highest BCUT2D eigenvalue weighted by atomic mass is 79.9. The van der Waals surface area contributed by atoms with Gasteiger partial charge in [0, 0.05) is 16.7 Å². The van der Waals surface area contributed by atoms with Crippen LogP contribution in [0.15, 0.2) is 57.9 Å². The molecule has 0 aliphatic carbocycles. The van der Waals surface area contributed by atoms with Crippen molar-refractivity contribution in [2.45, 2.75) is 4.90 Å². The fourth-order valence-corrected chi connectivity index (χ4v) is 3.43. The van der Waals surface area contributed by atoms with Crippen LogP contribution in [0.4, 0.5) is 5.69 Å². The number of halogens is 1. The Morgan fingerprint density at radius 1 is 1.14 bits per heavy atom. The van der Waals surface area contributed by atoms with E-state index in [0.29, 0.717) is 12.1 Å². The van der Waals surface area contributed by atoms with Crippen LogP contribution in [-0.4, -0.2) is 20.7 Å². The highest BCUT2D eigenvalue weighted by Gasteiger charge is 2.14. The van der Waals surface area contributed by atoms with E-state index in [2.05, 4.69) is 21.2 Å². The summed E-state index contributed by atoms with van der Waals surface area (Å²) in [5.74, 6) is -0.0385. The van der Waals surface area contributed by atoms with Gasteiger partial charge in [0.25, 0.3) is 0 Å². The Bertz CT molecular complexity index is 782. The first-order valence-electron chi connectivity index (χ1n) is 6.24. The van der Waals surface area contributed by atoms with Crippen LogP contribution in [0.1, 0.15) is 5.56 Å². The zero-order valence-electron chi connectivity index (χ0n) is 11.1. The molecule has 0 fully saturated rings. The van der Waals surface area contributed by atoms with Crippen molar-refractivity contribution in [1.82, 2.24) is 0 Å². The van der Waals surface area contributed by atoms with Crippen LogP contribution in [-0.2, 0) is 9.84 Å². The topological polar surface area (TPSA) is 70.0 Å². The monoisotopic (exact) mass is 364 g/mol. The van der Waals surface area contributed by atoms with Crippen LogP contribution in [0.5, 0.6) is 0 Å². The predicted octanol–water partition coefficient (Wildman–Crippen LogP) is 3.21. The van der Waals surface area contributed by atoms with Gasteiger partial charge in [0.1, 0.15) is 0 Å². The quantitative estimate of drug-likeness (QED) is 0.884. The molecule has 4 nitrogen and oxygen atoms in total. The lowest BCUT2D eigenvalue weighted by Crippen LogP contribution is -2.16. The van der Waals surface area contributed by atoms with Gasteiger partial charge in [-0.1, -0.05) is 18.2 Å². The Morgan fingerprint density at radius 2 is 1.90 bits per heavy atom. The number of para-hydroxylation sites is 1. The van der Waals surface area contributed by atoms with Gasteiger partial charge in [-0.25, -0.2) is 8.42 Å². The van der Waals surface area contributed by atoms with Gasteiger partial charge in [0.05, 0.1) is 22.3 Å². The van der Waals surface area contributed by atoms with Crippen molar-refractivity contribution in [3.05, 3.63) is 58.6 Å². The molecule has 2 rings (SSSR count). The molecule has 0 radical (unpaired) electrons. The molecular weight excluding hydrogens is 352 g/mol. The van der Waals surface area contributed by atoms with Gasteiger partial charge < -0.3 is 5.32 Å². The third kappa shape index (κ3) is 4.06. The van der Waals surface area contributed by atoms with E-state index in [1.54, 1.807) is 12.1 Å². The van der Waals surface area contributed by atoms with Crippen LogP contribution < -0.4 is 5.32 Å². The summed E-state index contributed by atoms with van der Waals surface area (Å²) in [5, 5.41) is 11.9. The van der Waals surface area contributed by atoms with Crippen LogP contribution in [0, 0.1) is 11.3 Å². The summed E-state index contributed by atoms with van der Waals surface area (Å²) < 4.78 is 25.3. The van der Waals surface area contributed by atoms with Crippen molar-refractivity contribution in [3.8, 4) is 6.07 Å². The van der Waals surface area contributed by atoms with Gasteiger partial charge in [-0.2, -0.15) is 5.26 Å². The molecule has 0 bridgehead atoms. The second-order valence-corrected chi connectivity index (χ2v) is 7.33. The number of nitriles is 1. The maximum Gasteiger partial charge on any atom is 0.180 e. The van der Waals surface area contributed by atoms with Gasteiger partial charge in [-0.15, -0.1) is 0 Å². The molecule has 108 valence electrons. The molecule has 0 aliphatic rings. The van der Waals surface area contributed by atoms with Gasteiger partial charge in [0.15, 0.2) is 9.84 Å². The van der Waals surface area contributed by atoms with E-state index < -0.39 is 9.84 Å². The first-order valence-corrected chi connectivity index (χ1v) is 8.69. The number of nitrogens with one attached hydrogen (secondary N) is 1. The summed E-state index contributed by atoms with van der Waals surface area (Å²) in [6.07, 6.45) is 0. The molecule has 0 amide bonds. The Balaban J connectivity index is 2.05. The number of nitrogens with zero attached hydrogens (tertiary/aromatic N) is 1. The van der Waals surface area contributed by atoms with Crippen molar-refractivity contribution in [2.24, 2.45) is 0 Å². The molecule has 1 N–H and O–H groups in total. The van der Waals surface area contributed by atoms with E-state index in [4.69, 9.17) is 5.26 Å². The van der Waals surface area contributed by atoms with Gasteiger partial charge in [-0.05, 0) is 46.3 Å². The van der Waals surface area contributed by atoms with E-state index in [1.807, 2.05) is 30.3 Å². The molecular formula is C15H13BrN2O2S. The fraction of sp³-hybridized carbons (Fsp3) is 0.133. The van der Waals surface area contributed by atoms with Crippen LogP contribution in [0.25, 0.3) is 0 Å². The van der Waals surface area contributed by atoms with Crippen LogP contribution in [0.3, 0.4) is 0 Å². The first-order chi connectivity index (χ1) is 10.0. The zero-order chi connectivity index (χ0) is 15.3. The molecule has 0 aliphatic heterocycles. The van der Waals surface area contributed by atoms with E-state index in [0.717, 1.165) is 10.2 Å². The minimum atomic E-state index is -3.40.